The first-order valence-corrected chi connectivity index (χ1v) is 5.18. The van der Waals surface area contributed by atoms with E-state index in [0.717, 1.165) is 18.7 Å². The van der Waals surface area contributed by atoms with Gasteiger partial charge in [-0.3, -0.25) is 4.90 Å². The molecular formula is C12H17NO. The summed E-state index contributed by atoms with van der Waals surface area (Å²) in [4.78, 5) is 2.10. The molecule has 0 aliphatic carbocycles. The van der Waals surface area contributed by atoms with Gasteiger partial charge in [-0.05, 0) is 37.0 Å². The number of nitrogens with zero attached hydrogens (tertiary/aromatic N) is 1. The zero-order chi connectivity index (χ0) is 10.1. The number of hydrogen-bond acceptors (Lipinski definition) is 2. The van der Waals surface area contributed by atoms with Crippen LogP contribution >= 0.6 is 0 Å². The van der Waals surface area contributed by atoms with Crippen LogP contribution in [0, 0.1) is 13.8 Å². The number of likely N-dealkylation sites (tertiary alicyclic amines) is 1. The molecule has 76 valence electrons. The maximum Gasteiger partial charge on any atom is 0.133 e. The van der Waals surface area contributed by atoms with E-state index in [-0.39, 0.29) is 0 Å². The van der Waals surface area contributed by atoms with Crippen LogP contribution in [0.4, 0.5) is 0 Å². The molecule has 0 saturated carbocycles. The van der Waals surface area contributed by atoms with Crippen LogP contribution in [0.15, 0.2) is 18.2 Å². The Morgan fingerprint density at radius 1 is 1.29 bits per heavy atom. The third-order valence-corrected chi connectivity index (χ3v) is 3.16. The second-order valence-corrected chi connectivity index (χ2v) is 4.05. The largest absolute Gasteiger partial charge is 0.374 e. The Balaban J connectivity index is 2.26. The van der Waals surface area contributed by atoms with Crippen LogP contribution in [0.1, 0.15) is 29.3 Å². The van der Waals surface area contributed by atoms with E-state index in [1.807, 2.05) is 12.1 Å². The molecule has 14 heavy (non-hydrogen) atoms. The summed E-state index contributed by atoms with van der Waals surface area (Å²) in [7, 11) is 0. The molecule has 0 bridgehead atoms. The molecule has 1 N–H and O–H groups in total. The van der Waals surface area contributed by atoms with Crippen molar-refractivity contribution in [1.82, 2.24) is 4.90 Å². The topological polar surface area (TPSA) is 23.5 Å². The zero-order valence-electron chi connectivity index (χ0n) is 8.83. The summed E-state index contributed by atoms with van der Waals surface area (Å²) < 4.78 is 0. The zero-order valence-corrected chi connectivity index (χ0v) is 8.83. The van der Waals surface area contributed by atoms with Gasteiger partial charge in [-0.2, -0.15) is 0 Å². The Kier molecular flexibility index (Phi) is 2.57. The molecule has 0 amide bonds. The summed E-state index contributed by atoms with van der Waals surface area (Å²) in [5, 5.41) is 10.1. The second-order valence-electron chi connectivity index (χ2n) is 4.05. The quantitative estimate of drug-likeness (QED) is 0.773. The molecule has 1 atom stereocenters. The fraction of sp³-hybridized carbons (Fsp3) is 0.500. The fourth-order valence-corrected chi connectivity index (χ4v) is 1.84. The lowest BCUT2D eigenvalue weighted by atomic mass is 10.0. The Bertz CT molecular complexity index is 331. The predicted molar refractivity (Wildman–Crippen MR) is 57.1 cm³/mol. The molecule has 2 nitrogen and oxygen atoms in total. The molecule has 0 spiro atoms. The van der Waals surface area contributed by atoms with E-state index in [4.69, 9.17) is 0 Å². The monoisotopic (exact) mass is 191 g/mol. The summed E-state index contributed by atoms with van der Waals surface area (Å²) in [6, 6.07) is 6.12. The van der Waals surface area contributed by atoms with Crippen molar-refractivity contribution < 1.29 is 5.11 Å². The lowest BCUT2D eigenvalue weighted by molar-refractivity contribution is -0.0369. The van der Waals surface area contributed by atoms with Crippen LogP contribution in [0.3, 0.4) is 0 Å². The molecule has 1 unspecified atom stereocenters. The van der Waals surface area contributed by atoms with Gasteiger partial charge < -0.3 is 5.11 Å². The van der Waals surface area contributed by atoms with Gasteiger partial charge in [0.15, 0.2) is 0 Å². The van der Waals surface area contributed by atoms with Crippen LogP contribution in [0.2, 0.25) is 0 Å². The molecule has 0 radical (unpaired) electrons. The summed E-state index contributed by atoms with van der Waals surface area (Å²) in [5.41, 5.74) is 3.53. The lowest BCUT2D eigenvalue weighted by Gasteiger charge is -2.36. The van der Waals surface area contributed by atoms with E-state index in [0.29, 0.717) is 0 Å². The standard InChI is InChI=1S/C12H17NO/c1-9-5-3-6-11(10(9)2)12(14)13-7-4-8-13/h3,5-6,12,14H,4,7-8H2,1-2H3. The maximum atomic E-state index is 10.1. The fourth-order valence-electron chi connectivity index (χ4n) is 1.84. The molecule has 1 aromatic rings. The van der Waals surface area contributed by atoms with E-state index in [2.05, 4.69) is 24.8 Å². The third-order valence-electron chi connectivity index (χ3n) is 3.16. The minimum atomic E-state index is -0.399. The van der Waals surface area contributed by atoms with Crippen LogP contribution in [-0.4, -0.2) is 23.1 Å². The van der Waals surface area contributed by atoms with Crippen LogP contribution in [-0.2, 0) is 0 Å². The first kappa shape index (κ1) is 9.69. The first-order valence-electron chi connectivity index (χ1n) is 5.18. The van der Waals surface area contributed by atoms with Crippen LogP contribution < -0.4 is 0 Å². The summed E-state index contributed by atoms with van der Waals surface area (Å²) in [6.45, 7) is 6.21. The van der Waals surface area contributed by atoms with Gasteiger partial charge >= 0.3 is 0 Å². The number of benzene rings is 1. The average molecular weight is 191 g/mol. The Morgan fingerprint density at radius 3 is 2.57 bits per heavy atom. The molecule has 1 aromatic carbocycles. The molecular weight excluding hydrogens is 174 g/mol. The van der Waals surface area contributed by atoms with E-state index in [9.17, 15) is 5.11 Å². The maximum absolute atomic E-state index is 10.1. The molecule has 1 aliphatic heterocycles. The van der Waals surface area contributed by atoms with Crippen molar-refractivity contribution in [2.75, 3.05) is 13.1 Å². The Hall–Kier alpha value is -0.860. The molecule has 1 fully saturated rings. The van der Waals surface area contributed by atoms with E-state index in [1.165, 1.54) is 17.5 Å². The lowest BCUT2D eigenvalue weighted by Crippen LogP contribution is -2.40. The first-order chi connectivity index (χ1) is 6.70. The molecule has 2 heteroatoms. The minimum absolute atomic E-state index is 0.399. The SMILES string of the molecule is Cc1cccc(C(O)N2CCC2)c1C. The second kappa shape index (κ2) is 3.71. The van der Waals surface area contributed by atoms with Crippen LogP contribution in [0.5, 0.6) is 0 Å². The van der Waals surface area contributed by atoms with Gasteiger partial charge in [0.05, 0.1) is 0 Å². The van der Waals surface area contributed by atoms with Gasteiger partial charge in [-0.15, -0.1) is 0 Å². The molecule has 1 aliphatic rings. The van der Waals surface area contributed by atoms with Crippen molar-refractivity contribution in [2.45, 2.75) is 26.5 Å². The molecule has 1 saturated heterocycles. The number of aryl methyl sites for hydroxylation is 1. The number of rotatable bonds is 2. The Labute approximate surface area is 85.2 Å². The smallest absolute Gasteiger partial charge is 0.133 e. The van der Waals surface area contributed by atoms with Crippen molar-refractivity contribution in [3.05, 3.63) is 34.9 Å². The average Bonchev–Trinajstić information content (AvgIpc) is 2.06. The molecule has 0 aromatic heterocycles. The molecule has 2 rings (SSSR count). The van der Waals surface area contributed by atoms with Crippen molar-refractivity contribution in [3.8, 4) is 0 Å². The number of aliphatic hydroxyl groups excluding tert-OH is 1. The van der Waals surface area contributed by atoms with Gasteiger partial charge in [-0.1, -0.05) is 18.2 Å². The molecule has 1 heterocycles. The van der Waals surface area contributed by atoms with E-state index in [1.54, 1.807) is 0 Å². The highest BCUT2D eigenvalue weighted by molar-refractivity contribution is 5.34. The third kappa shape index (κ3) is 1.56. The van der Waals surface area contributed by atoms with Crippen molar-refractivity contribution in [2.24, 2.45) is 0 Å². The van der Waals surface area contributed by atoms with Crippen molar-refractivity contribution in [3.63, 3.8) is 0 Å². The van der Waals surface area contributed by atoms with Gasteiger partial charge in [0.2, 0.25) is 0 Å². The summed E-state index contributed by atoms with van der Waals surface area (Å²) in [6.07, 6.45) is 0.811. The van der Waals surface area contributed by atoms with Crippen molar-refractivity contribution in [1.29, 1.82) is 0 Å². The van der Waals surface area contributed by atoms with E-state index >= 15 is 0 Å². The van der Waals surface area contributed by atoms with E-state index < -0.39 is 6.23 Å². The summed E-state index contributed by atoms with van der Waals surface area (Å²) >= 11 is 0. The highest BCUT2D eigenvalue weighted by Crippen LogP contribution is 2.26. The minimum Gasteiger partial charge on any atom is -0.374 e. The van der Waals surface area contributed by atoms with Crippen molar-refractivity contribution >= 4 is 0 Å². The number of aliphatic hydroxyl groups is 1. The summed E-state index contributed by atoms with van der Waals surface area (Å²) in [5.74, 6) is 0. The van der Waals surface area contributed by atoms with Gasteiger partial charge in [0.25, 0.3) is 0 Å². The van der Waals surface area contributed by atoms with Crippen LogP contribution in [0.25, 0.3) is 0 Å². The number of hydrogen-bond donors (Lipinski definition) is 1. The van der Waals surface area contributed by atoms with Gasteiger partial charge in [0.1, 0.15) is 6.23 Å². The van der Waals surface area contributed by atoms with Gasteiger partial charge in [-0.25, -0.2) is 0 Å². The normalized spacial score (nSPS) is 19.1. The Morgan fingerprint density at radius 2 is 2.00 bits per heavy atom. The highest BCUT2D eigenvalue weighted by atomic mass is 16.3. The highest BCUT2D eigenvalue weighted by Gasteiger charge is 2.24. The van der Waals surface area contributed by atoms with Gasteiger partial charge in [0, 0.05) is 13.1 Å². The predicted octanol–water partition coefficient (Wildman–Crippen LogP) is 2.00.